The number of piperidine rings is 1. The van der Waals surface area contributed by atoms with E-state index in [1.807, 2.05) is 12.1 Å². The minimum Gasteiger partial charge on any atom is -0.316 e. The van der Waals surface area contributed by atoms with Crippen molar-refractivity contribution in [1.82, 2.24) is 5.32 Å². The zero-order valence-electron chi connectivity index (χ0n) is 8.52. The van der Waals surface area contributed by atoms with Gasteiger partial charge in [0.1, 0.15) is 0 Å². The molecule has 1 saturated heterocycles. The van der Waals surface area contributed by atoms with Crippen molar-refractivity contribution in [3.8, 4) is 0 Å². The summed E-state index contributed by atoms with van der Waals surface area (Å²) in [6, 6.07) is 8.25. The second-order valence-electron chi connectivity index (χ2n) is 4.35. The molecule has 1 unspecified atom stereocenters. The summed E-state index contributed by atoms with van der Waals surface area (Å²) in [5.41, 5.74) is 1.63. The molecule has 1 aromatic rings. The van der Waals surface area contributed by atoms with Crippen molar-refractivity contribution < 1.29 is 0 Å². The highest BCUT2D eigenvalue weighted by Crippen LogP contribution is 2.31. The third-order valence-corrected chi connectivity index (χ3v) is 3.35. The smallest absolute Gasteiger partial charge is 0.0408 e. The van der Waals surface area contributed by atoms with Crippen LogP contribution in [-0.2, 0) is 5.41 Å². The van der Waals surface area contributed by atoms with Crippen LogP contribution in [0.15, 0.2) is 24.3 Å². The lowest BCUT2D eigenvalue weighted by atomic mass is 9.77. The molecule has 1 heterocycles. The molecule has 1 atom stereocenters. The molecule has 1 nitrogen and oxygen atoms in total. The first-order chi connectivity index (χ1) is 6.71. The molecule has 1 aliphatic rings. The van der Waals surface area contributed by atoms with Gasteiger partial charge in [0.25, 0.3) is 0 Å². The monoisotopic (exact) mass is 209 g/mol. The van der Waals surface area contributed by atoms with Gasteiger partial charge in [-0.25, -0.2) is 0 Å². The van der Waals surface area contributed by atoms with Gasteiger partial charge in [-0.05, 0) is 37.1 Å². The van der Waals surface area contributed by atoms with Gasteiger partial charge in [0.05, 0.1) is 0 Å². The molecule has 1 N–H and O–H groups in total. The minimum absolute atomic E-state index is 0.267. The first kappa shape index (κ1) is 10.0. The van der Waals surface area contributed by atoms with Gasteiger partial charge >= 0.3 is 0 Å². The molecular formula is C12H16ClN. The SMILES string of the molecule is CC1(c2cccc(Cl)c2)CCCNC1. The summed E-state index contributed by atoms with van der Waals surface area (Å²) < 4.78 is 0. The van der Waals surface area contributed by atoms with E-state index < -0.39 is 0 Å². The Morgan fingerprint density at radius 1 is 1.43 bits per heavy atom. The van der Waals surface area contributed by atoms with Gasteiger partial charge in [-0.1, -0.05) is 30.7 Å². The van der Waals surface area contributed by atoms with E-state index in [4.69, 9.17) is 11.6 Å². The van der Waals surface area contributed by atoms with Gasteiger partial charge in [0, 0.05) is 17.0 Å². The number of benzene rings is 1. The summed E-state index contributed by atoms with van der Waals surface area (Å²) in [6.45, 7) is 4.52. The van der Waals surface area contributed by atoms with Gasteiger partial charge in [-0.15, -0.1) is 0 Å². The highest BCUT2D eigenvalue weighted by Gasteiger charge is 2.28. The maximum atomic E-state index is 6.01. The predicted octanol–water partition coefficient (Wildman–Crippen LogP) is 2.98. The van der Waals surface area contributed by atoms with Crippen LogP contribution in [0.5, 0.6) is 0 Å². The molecule has 0 saturated carbocycles. The van der Waals surface area contributed by atoms with Crippen LogP contribution in [0.1, 0.15) is 25.3 Å². The summed E-state index contributed by atoms with van der Waals surface area (Å²) in [7, 11) is 0. The summed E-state index contributed by atoms with van der Waals surface area (Å²) in [6.07, 6.45) is 2.50. The summed E-state index contributed by atoms with van der Waals surface area (Å²) in [5, 5.41) is 4.29. The van der Waals surface area contributed by atoms with E-state index >= 15 is 0 Å². The molecule has 0 radical (unpaired) electrons. The third-order valence-electron chi connectivity index (χ3n) is 3.12. The van der Waals surface area contributed by atoms with Gasteiger partial charge in [0.2, 0.25) is 0 Å². The number of rotatable bonds is 1. The van der Waals surface area contributed by atoms with E-state index in [1.54, 1.807) is 0 Å². The Morgan fingerprint density at radius 2 is 2.29 bits per heavy atom. The highest BCUT2D eigenvalue weighted by molar-refractivity contribution is 6.30. The number of hydrogen-bond acceptors (Lipinski definition) is 1. The van der Waals surface area contributed by atoms with Crippen molar-refractivity contribution in [2.24, 2.45) is 0 Å². The van der Waals surface area contributed by atoms with Crippen LogP contribution in [0.25, 0.3) is 0 Å². The average molecular weight is 210 g/mol. The standard InChI is InChI=1S/C12H16ClN/c1-12(6-3-7-14-9-12)10-4-2-5-11(13)8-10/h2,4-5,8,14H,3,6-7,9H2,1H3. The molecule has 1 aliphatic heterocycles. The van der Waals surface area contributed by atoms with E-state index in [9.17, 15) is 0 Å². The second-order valence-corrected chi connectivity index (χ2v) is 4.79. The highest BCUT2D eigenvalue weighted by atomic mass is 35.5. The van der Waals surface area contributed by atoms with Gasteiger partial charge < -0.3 is 5.32 Å². The lowest BCUT2D eigenvalue weighted by Crippen LogP contribution is -2.41. The van der Waals surface area contributed by atoms with Gasteiger partial charge in [0.15, 0.2) is 0 Å². The van der Waals surface area contributed by atoms with Crippen LogP contribution in [-0.4, -0.2) is 13.1 Å². The maximum absolute atomic E-state index is 6.01. The van der Waals surface area contributed by atoms with Crippen LogP contribution in [0.3, 0.4) is 0 Å². The van der Waals surface area contributed by atoms with Crippen molar-refractivity contribution in [2.75, 3.05) is 13.1 Å². The molecule has 0 aliphatic carbocycles. The summed E-state index contributed by atoms with van der Waals surface area (Å²) >= 11 is 6.01. The zero-order valence-corrected chi connectivity index (χ0v) is 9.27. The van der Waals surface area contributed by atoms with Crippen molar-refractivity contribution >= 4 is 11.6 Å². The fraction of sp³-hybridized carbons (Fsp3) is 0.500. The van der Waals surface area contributed by atoms with Crippen molar-refractivity contribution in [2.45, 2.75) is 25.2 Å². The maximum Gasteiger partial charge on any atom is 0.0408 e. The molecule has 2 rings (SSSR count). The van der Waals surface area contributed by atoms with E-state index in [1.165, 1.54) is 18.4 Å². The largest absolute Gasteiger partial charge is 0.316 e. The Bertz CT molecular complexity index is 316. The summed E-state index contributed by atoms with van der Waals surface area (Å²) in [4.78, 5) is 0. The normalized spacial score (nSPS) is 27.6. The lowest BCUT2D eigenvalue weighted by molar-refractivity contribution is 0.339. The molecule has 2 heteroatoms. The van der Waals surface area contributed by atoms with E-state index in [0.717, 1.165) is 18.1 Å². The van der Waals surface area contributed by atoms with Crippen LogP contribution >= 0.6 is 11.6 Å². The van der Waals surface area contributed by atoms with Crippen molar-refractivity contribution in [1.29, 1.82) is 0 Å². The lowest BCUT2D eigenvalue weighted by Gasteiger charge is -2.34. The van der Waals surface area contributed by atoms with E-state index in [0.29, 0.717) is 0 Å². The molecule has 1 aromatic carbocycles. The molecule has 76 valence electrons. The first-order valence-corrected chi connectivity index (χ1v) is 5.55. The zero-order chi connectivity index (χ0) is 10.0. The molecule has 0 spiro atoms. The molecule has 1 fully saturated rings. The molecule has 0 bridgehead atoms. The van der Waals surface area contributed by atoms with Crippen LogP contribution in [0.4, 0.5) is 0 Å². The third kappa shape index (κ3) is 1.94. The van der Waals surface area contributed by atoms with Crippen LogP contribution in [0.2, 0.25) is 5.02 Å². The molecule has 0 aromatic heterocycles. The predicted molar refractivity (Wildman–Crippen MR) is 60.9 cm³/mol. The fourth-order valence-corrected chi connectivity index (χ4v) is 2.36. The topological polar surface area (TPSA) is 12.0 Å². The van der Waals surface area contributed by atoms with Crippen molar-refractivity contribution in [3.05, 3.63) is 34.9 Å². The first-order valence-electron chi connectivity index (χ1n) is 5.17. The number of nitrogens with one attached hydrogen (secondary N) is 1. The van der Waals surface area contributed by atoms with Gasteiger partial charge in [-0.3, -0.25) is 0 Å². The Labute approximate surface area is 90.5 Å². The average Bonchev–Trinajstić information content (AvgIpc) is 2.19. The Kier molecular flexibility index (Phi) is 2.80. The Balaban J connectivity index is 2.28. The molecule has 0 amide bonds. The number of halogens is 1. The van der Waals surface area contributed by atoms with E-state index in [-0.39, 0.29) is 5.41 Å². The fourth-order valence-electron chi connectivity index (χ4n) is 2.17. The van der Waals surface area contributed by atoms with Crippen molar-refractivity contribution in [3.63, 3.8) is 0 Å². The molecule has 14 heavy (non-hydrogen) atoms. The molecular weight excluding hydrogens is 194 g/mol. The Hall–Kier alpha value is -0.530. The van der Waals surface area contributed by atoms with Crippen LogP contribution < -0.4 is 5.32 Å². The van der Waals surface area contributed by atoms with Crippen LogP contribution in [0, 0.1) is 0 Å². The van der Waals surface area contributed by atoms with Gasteiger partial charge in [-0.2, -0.15) is 0 Å². The Morgan fingerprint density at radius 3 is 2.93 bits per heavy atom. The second kappa shape index (κ2) is 3.92. The van der Waals surface area contributed by atoms with E-state index in [2.05, 4.69) is 24.4 Å². The number of hydrogen-bond donors (Lipinski definition) is 1. The quantitative estimate of drug-likeness (QED) is 0.750. The minimum atomic E-state index is 0.267. The summed E-state index contributed by atoms with van der Waals surface area (Å²) in [5.74, 6) is 0.